The Morgan fingerprint density at radius 3 is 2.50 bits per heavy atom. The number of hydrogen-bond acceptors (Lipinski definition) is 2. The molecular weight excluding hydrogens is 200 g/mol. The van der Waals surface area contributed by atoms with Gasteiger partial charge in [-0.05, 0) is 20.3 Å². The minimum atomic E-state index is -0.179. The Kier molecular flexibility index (Phi) is 3.16. The Hall–Kier alpha value is -1.03. The Morgan fingerprint density at radius 2 is 2.21 bits per heavy atom. The van der Waals surface area contributed by atoms with Gasteiger partial charge in [-0.15, -0.1) is 0 Å². The smallest absolute Gasteiger partial charge is 0.116 e. The number of halogens is 1. The first-order chi connectivity index (χ1) is 6.49. The molecule has 0 aliphatic rings. The highest BCUT2D eigenvalue weighted by Gasteiger charge is 2.18. The van der Waals surface area contributed by atoms with Crippen molar-refractivity contribution in [2.75, 3.05) is 0 Å². The zero-order chi connectivity index (χ0) is 10.9. The second kappa shape index (κ2) is 4.00. The Morgan fingerprint density at radius 1 is 1.64 bits per heavy atom. The van der Waals surface area contributed by atoms with Gasteiger partial charge in [-0.2, -0.15) is 5.10 Å². The molecule has 0 saturated carbocycles. The monoisotopic (exact) mass is 214 g/mol. The number of hydrogen-bond donors (Lipinski definition) is 2. The lowest BCUT2D eigenvalue weighted by Crippen LogP contribution is -2.26. The van der Waals surface area contributed by atoms with Gasteiger partial charge in [0.05, 0.1) is 16.4 Å². The molecule has 0 aromatic carbocycles. The number of rotatable bonds is 3. The number of aromatic nitrogens is 2. The summed E-state index contributed by atoms with van der Waals surface area (Å²) in [4.78, 5) is 0. The minimum absolute atomic E-state index is 0.120. The first-order valence-corrected chi connectivity index (χ1v) is 4.92. The third kappa shape index (κ3) is 1.75. The summed E-state index contributed by atoms with van der Waals surface area (Å²) < 4.78 is 1.72. The standard InChI is InChI=1S/C9H15ClN4/c1-4-7(9(11)12)14-6(3)8(10)5(2)13-14/h7H,4H2,1-3H3,(H3,11,12). The number of nitrogens with one attached hydrogen (secondary N) is 1. The highest BCUT2D eigenvalue weighted by atomic mass is 35.5. The van der Waals surface area contributed by atoms with Gasteiger partial charge < -0.3 is 5.73 Å². The van der Waals surface area contributed by atoms with E-state index in [0.717, 1.165) is 17.8 Å². The Balaban J connectivity index is 3.17. The van der Waals surface area contributed by atoms with E-state index >= 15 is 0 Å². The molecule has 1 heterocycles. The SMILES string of the molecule is CCC(C(=N)N)n1nc(C)c(Cl)c1C. The van der Waals surface area contributed by atoms with Crippen molar-refractivity contribution in [3.05, 3.63) is 16.4 Å². The maximum atomic E-state index is 7.44. The van der Waals surface area contributed by atoms with E-state index in [-0.39, 0.29) is 11.9 Å². The van der Waals surface area contributed by atoms with E-state index in [4.69, 9.17) is 22.7 Å². The summed E-state index contributed by atoms with van der Waals surface area (Å²) in [6.07, 6.45) is 0.744. The zero-order valence-electron chi connectivity index (χ0n) is 8.63. The summed E-state index contributed by atoms with van der Waals surface area (Å²) in [5, 5.41) is 12.4. The first-order valence-electron chi connectivity index (χ1n) is 4.54. The van der Waals surface area contributed by atoms with Gasteiger partial charge in [-0.3, -0.25) is 10.1 Å². The highest BCUT2D eigenvalue weighted by Crippen LogP contribution is 2.23. The van der Waals surface area contributed by atoms with Crippen molar-refractivity contribution in [1.29, 1.82) is 5.41 Å². The molecule has 0 aliphatic heterocycles. The number of nitrogens with two attached hydrogens (primary N) is 1. The van der Waals surface area contributed by atoms with Gasteiger partial charge in [0, 0.05) is 0 Å². The van der Waals surface area contributed by atoms with Gasteiger partial charge in [0.1, 0.15) is 11.9 Å². The third-order valence-electron chi connectivity index (χ3n) is 2.28. The highest BCUT2D eigenvalue weighted by molar-refractivity contribution is 6.31. The van der Waals surface area contributed by atoms with Crippen LogP contribution in [0.5, 0.6) is 0 Å². The molecule has 1 atom stereocenters. The summed E-state index contributed by atoms with van der Waals surface area (Å²) in [5.41, 5.74) is 7.14. The van der Waals surface area contributed by atoms with Crippen molar-refractivity contribution in [3.8, 4) is 0 Å². The molecule has 0 aliphatic carbocycles. The molecule has 4 nitrogen and oxygen atoms in total. The second-order valence-corrected chi connectivity index (χ2v) is 3.69. The van der Waals surface area contributed by atoms with E-state index in [1.54, 1.807) is 4.68 Å². The van der Waals surface area contributed by atoms with Gasteiger partial charge in [-0.1, -0.05) is 18.5 Å². The van der Waals surface area contributed by atoms with Crippen molar-refractivity contribution in [3.63, 3.8) is 0 Å². The first kappa shape index (κ1) is 11.0. The molecule has 78 valence electrons. The van der Waals surface area contributed by atoms with Gasteiger partial charge in [-0.25, -0.2) is 0 Å². The Bertz CT molecular complexity index is 356. The van der Waals surface area contributed by atoms with Crippen LogP contribution in [0, 0.1) is 19.3 Å². The predicted octanol–water partition coefficient (Wildman–Crippen LogP) is 2.04. The molecule has 0 spiro atoms. The molecular formula is C9H15ClN4. The molecule has 1 rings (SSSR count). The molecule has 0 amide bonds. The third-order valence-corrected chi connectivity index (χ3v) is 2.82. The summed E-state index contributed by atoms with van der Waals surface area (Å²) in [6, 6.07) is -0.179. The normalized spacial score (nSPS) is 12.9. The summed E-state index contributed by atoms with van der Waals surface area (Å²) in [6.45, 7) is 5.70. The van der Waals surface area contributed by atoms with Crippen molar-refractivity contribution in [1.82, 2.24) is 9.78 Å². The van der Waals surface area contributed by atoms with E-state index in [1.807, 2.05) is 20.8 Å². The fourth-order valence-corrected chi connectivity index (χ4v) is 1.60. The van der Waals surface area contributed by atoms with Crippen molar-refractivity contribution in [2.45, 2.75) is 33.2 Å². The van der Waals surface area contributed by atoms with Crippen LogP contribution in [0.1, 0.15) is 30.8 Å². The number of amidine groups is 1. The lowest BCUT2D eigenvalue weighted by atomic mass is 10.2. The molecule has 0 radical (unpaired) electrons. The van der Waals surface area contributed by atoms with Crippen molar-refractivity contribution < 1.29 is 0 Å². The van der Waals surface area contributed by atoms with E-state index in [0.29, 0.717) is 5.02 Å². The lowest BCUT2D eigenvalue weighted by Gasteiger charge is -2.15. The molecule has 14 heavy (non-hydrogen) atoms. The van der Waals surface area contributed by atoms with Crippen LogP contribution in [0.2, 0.25) is 5.02 Å². The van der Waals surface area contributed by atoms with Crippen LogP contribution in [-0.2, 0) is 0 Å². The van der Waals surface area contributed by atoms with Gasteiger partial charge in [0.2, 0.25) is 0 Å². The summed E-state index contributed by atoms with van der Waals surface area (Å²) in [5.74, 6) is 0.120. The molecule has 1 unspecified atom stereocenters. The zero-order valence-corrected chi connectivity index (χ0v) is 9.39. The number of nitrogens with zero attached hydrogens (tertiary/aromatic N) is 2. The Labute approximate surface area is 88.6 Å². The topological polar surface area (TPSA) is 67.7 Å². The molecule has 0 saturated heterocycles. The lowest BCUT2D eigenvalue weighted by molar-refractivity contribution is 0.530. The molecule has 0 fully saturated rings. The van der Waals surface area contributed by atoms with E-state index in [9.17, 15) is 0 Å². The maximum Gasteiger partial charge on any atom is 0.116 e. The van der Waals surface area contributed by atoms with Gasteiger partial charge >= 0.3 is 0 Å². The van der Waals surface area contributed by atoms with Crippen LogP contribution in [0.15, 0.2) is 0 Å². The molecule has 1 aromatic rings. The maximum absolute atomic E-state index is 7.44. The second-order valence-electron chi connectivity index (χ2n) is 3.31. The van der Waals surface area contributed by atoms with Crippen LogP contribution in [0.4, 0.5) is 0 Å². The van der Waals surface area contributed by atoms with Crippen LogP contribution in [-0.4, -0.2) is 15.6 Å². The van der Waals surface area contributed by atoms with Crippen molar-refractivity contribution >= 4 is 17.4 Å². The van der Waals surface area contributed by atoms with Crippen LogP contribution < -0.4 is 5.73 Å². The average molecular weight is 215 g/mol. The average Bonchev–Trinajstić information content (AvgIpc) is 2.35. The fraction of sp³-hybridized carbons (Fsp3) is 0.556. The summed E-state index contributed by atoms with van der Waals surface area (Å²) in [7, 11) is 0. The van der Waals surface area contributed by atoms with Gasteiger partial charge in [0.25, 0.3) is 0 Å². The largest absolute Gasteiger partial charge is 0.386 e. The summed E-state index contributed by atoms with van der Waals surface area (Å²) >= 11 is 6.01. The molecule has 5 heteroatoms. The van der Waals surface area contributed by atoms with E-state index in [2.05, 4.69) is 5.10 Å². The van der Waals surface area contributed by atoms with E-state index in [1.165, 1.54) is 0 Å². The van der Waals surface area contributed by atoms with E-state index < -0.39 is 0 Å². The number of aryl methyl sites for hydroxylation is 1. The molecule has 3 N–H and O–H groups in total. The minimum Gasteiger partial charge on any atom is -0.386 e. The molecule has 0 bridgehead atoms. The van der Waals surface area contributed by atoms with Crippen molar-refractivity contribution in [2.24, 2.45) is 5.73 Å². The van der Waals surface area contributed by atoms with Crippen LogP contribution in [0.3, 0.4) is 0 Å². The predicted molar refractivity (Wildman–Crippen MR) is 58.0 cm³/mol. The fourth-order valence-electron chi connectivity index (χ4n) is 1.47. The molecule has 1 aromatic heterocycles. The quantitative estimate of drug-likeness (QED) is 0.597. The van der Waals surface area contributed by atoms with Gasteiger partial charge in [0.15, 0.2) is 0 Å². The van der Waals surface area contributed by atoms with Crippen LogP contribution in [0.25, 0.3) is 0 Å². The van der Waals surface area contributed by atoms with Crippen LogP contribution >= 0.6 is 11.6 Å².